The van der Waals surface area contributed by atoms with Gasteiger partial charge in [0.15, 0.2) is 5.60 Å². The third-order valence-electron chi connectivity index (χ3n) is 2.07. The van der Waals surface area contributed by atoms with Gasteiger partial charge in [-0.3, -0.25) is 9.78 Å². The summed E-state index contributed by atoms with van der Waals surface area (Å²) in [5, 5.41) is 20.5. The summed E-state index contributed by atoms with van der Waals surface area (Å²) >= 11 is 5.75. The molecule has 0 radical (unpaired) electrons. The average molecular weight is 259 g/mol. The molecule has 0 aliphatic heterocycles. The summed E-state index contributed by atoms with van der Waals surface area (Å²) in [7, 11) is 0. The molecule has 0 aliphatic rings. The monoisotopic (exact) mass is 258 g/mol. The Balaban J connectivity index is 2.69. The number of aliphatic carboxylic acids is 1. The second kappa shape index (κ2) is 5.11. The first-order chi connectivity index (χ1) is 7.84. The normalized spacial score (nSPS) is 13.8. The maximum atomic E-state index is 11.6. The van der Waals surface area contributed by atoms with E-state index >= 15 is 0 Å². The van der Waals surface area contributed by atoms with Gasteiger partial charge in [0.05, 0.1) is 17.1 Å². The summed E-state index contributed by atoms with van der Waals surface area (Å²) in [6.45, 7) is 0.660. The number of amides is 1. The van der Waals surface area contributed by atoms with E-state index in [2.05, 4.69) is 10.3 Å². The van der Waals surface area contributed by atoms with E-state index in [-0.39, 0.29) is 10.6 Å². The maximum Gasteiger partial charge on any atom is 0.337 e. The number of carboxylic acid groups (broad SMARTS) is 1. The van der Waals surface area contributed by atoms with Crippen molar-refractivity contribution in [2.24, 2.45) is 0 Å². The lowest BCUT2D eigenvalue weighted by Crippen LogP contribution is -2.46. The maximum absolute atomic E-state index is 11.6. The number of carbonyl (C=O) groups is 2. The topological polar surface area (TPSA) is 99.5 Å². The van der Waals surface area contributed by atoms with Gasteiger partial charge in [0.1, 0.15) is 0 Å². The van der Waals surface area contributed by atoms with Gasteiger partial charge in [0.2, 0.25) is 0 Å². The lowest BCUT2D eigenvalue weighted by molar-refractivity contribution is -0.155. The minimum absolute atomic E-state index is 0.121. The summed E-state index contributed by atoms with van der Waals surface area (Å²) < 4.78 is 0. The summed E-state index contributed by atoms with van der Waals surface area (Å²) in [5.74, 6) is -2.01. The van der Waals surface area contributed by atoms with E-state index in [0.29, 0.717) is 0 Å². The number of halogens is 1. The first-order valence-corrected chi connectivity index (χ1v) is 5.06. The van der Waals surface area contributed by atoms with Crippen LogP contribution in [0.3, 0.4) is 0 Å². The molecule has 0 aliphatic carbocycles. The van der Waals surface area contributed by atoms with Gasteiger partial charge in [-0.25, -0.2) is 4.79 Å². The van der Waals surface area contributed by atoms with Gasteiger partial charge in [-0.15, -0.1) is 0 Å². The molecule has 1 heterocycles. The largest absolute Gasteiger partial charge is 0.479 e. The fourth-order valence-corrected chi connectivity index (χ4v) is 1.16. The molecule has 7 heteroatoms. The highest BCUT2D eigenvalue weighted by atomic mass is 35.5. The summed E-state index contributed by atoms with van der Waals surface area (Å²) in [6, 6.07) is 1.44. The highest BCUT2D eigenvalue weighted by Gasteiger charge is 2.30. The van der Waals surface area contributed by atoms with Crippen LogP contribution in [0.2, 0.25) is 5.02 Å². The van der Waals surface area contributed by atoms with Crippen molar-refractivity contribution in [3.63, 3.8) is 0 Å². The minimum atomic E-state index is -2.02. The molecule has 0 saturated carbocycles. The van der Waals surface area contributed by atoms with Crippen molar-refractivity contribution in [2.75, 3.05) is 6.54 Å². The molecule has 92 valence electrons. The molecule has 0 spiro atoms. The lowest BCUT2D eigenvalue weighted by Gasteiger charge is -2.18. The van der Waals surface area contributed by atoms with Crippen LogP contribution in [0.4, 0.5) is 0 Å². The van der Waals surface area contributed by atoms with Gasteiger partial charge in [-0.2, -0.15) is 0 Å². The number of rotatable bonds is 4. The molecule has 6 nitrogen and oxygen atoms in total. The van der Waals surface area contributed by atoms with Crippen LogP contribution in [-0.2, 0) is 4.79 Å². The average Bonchev–Trinajstić information content (AvgIpc) is 2.26. The zero-order valence-corrected chi connectivity index (χ0v) is 9.73. The second-order valence-corrected chi connectivity index (χ2v) is 4.02. The van der Waals surface area contributed by atoms with Crippen molar-refractivity contribution in [3.8, 4) is 0 Å². The first kappa shape index (κ1) is 13.4. The standard InChI is InChI=1S/C10H11ClN2O4/c1-10(17,9(15)16)5-13-8(14)6-4-12-3-2-7(6)11/h2-4,17H,5H2,1H3,(H,13,14)(H,15,16). The number of nitrogens with zero attached hydrogens (tertiary/aromatic N) is 1. The van der Waals surface area contributed by atoms with Crippen LogP contribution in [-0.4, -0.2) is 39.2 Å². The van der Waals surface area contributed by atoms with E-state index in [1.807, 2.05) is 0 Å². The van der Waals surface area contributed by atoms with Crippen molar-refractivity contribution in [1.29, 1.82) is 0 Å². The third-order valence-corrected chi connectivity index (χ3v) is 2.40. The molecular formula is C10H11ClN2O4. The Kier molecular flexibility index (Phi) is 4.03. The van der Waals surface area contributed by atoms with Gasteiger partial charge in [0.25, 0.3) is 5.91 Å². The lowest BCUT2D eigenvalue weighted by atomic mass is 10.1. The number of carbonyl (C=O) groups excluding carboxylic acids is 1. The predicted molar refractivity (Wildman–Crippen MR) is 59.8 cm³/mol. The van der Waals surface area contributed by atoms with Crippen molar-refractivity contribution in [1.82, 2.24) is 10.3 Å². The predicted octanol–water partition coefficient (Wildman–Crippen LogP) is 0.300. The molecule has 1 amide bonds. The van der Waals surface area contributed by atoms with E-state index in [9.17, 15) is 14.7 Å². The number of hydrogen-bond donors (Lipinski definition) is 3. The van der Waals surface area contributed by atoms with Crippen molar-refractivity contribution in [2.45, 2.75) is 12.5 Å². The summed E-state index contributed by atoms with van der Waals surface area (Å²) in [5.41, 5.74) is -1.90. The minimum Gasteiger partial charge on any atom is -0.479 e. The summed E-state index contributed by atoms with van der Waals surface area (Å²) in [6.07, 6.45) is 2.68. The van der Waals surface area contributed by atoms with Crippen LogP contribution in [0.1, 0.15) is 17.3 Å². The smallest absolute Gasteiger partial charge is 0.337 e. The highest BCUT2D eigenvalue weighted by Crippen LogP contribution is 2.13. The van der Waals surface area contributed by atoms with E-state index < -0.39 is 24.0 Å². The molecule has 0 bridgehead atoms. The number of nitrogens with one attached hydrogen (secondary N) is 1. The van der Waals surface area contributed by atoms with E-state index in [0.717, 1.165) is 6.92 Å². The molecule has 1 unspecified atom stereocenters. The van der Waals surface area contributed by atoms with Gasteiger partial charge in [-0.05, 0) is 13.0 Å². The van der Waals surface area contributed by atoms with Crippen molar-refractivity contribution < 1.29 is 19.8 Å². The zero-order valence-electron chi connectivity index (χ0n) is 8.98. The Bertz CT molecular complexity index is 448. The Morgan fingerprint density at radius 3 is 2.76 bits per heavy atom. The van der Waals surface area contributed by atoms with Crippen molar-refractivity contribution >= 4 is 23.5 Å². The van der Waals surface area contributed by atoms with E-state index in [1.54, 1.807) is 0 Å². The number of pyridine rings is 1. The fraction of sp³-hybridized carbons (Fsp3) is 0.300. The second-order valence-electron chi connectivity index (χ2n) is 3.62. The molecule has 17 heavy (non-hydrogen) atoms. The highest BCUT2D eigenvalue weighted by molar-refractivity contribution is 6.33. The Morgan fingerprint density at radius 1 is 1.59 bits per heavy atom. The van der Waals surface area contributed by atoms with Gasteiger partial charge in [-0.1, -0.05) is 11.6 Å². The van der Waals surface area contributed by atoms with Crippen LogP contribution in [0.25, 0.3) is 0 Å². The van der Waals surface area contributed by atoms with Crippen molar-refractivity contribution in [3.05, 3.63) is 29.0 Å². The molecule has 1 aromatic rings. The molecule has 0 fully saturated rings. The Morgan fingerprint density at radius 2 is 2.24 bits per heavy atom. The number of aliphatic hydroxyl groups is 1. The molecule has 1 atom stereocenters. The van der Waals surface area contributed by atoms with Crippen LogP contribution < -0.4 is 5.32 Å². The number of aromatic nitrogens is 1. The Labute approximate surface area is 102 Å². The van der Waals surface area contributed by atoms with Gasteiger partial charge >= 0.3 is 5.97 Å². The molecule has 0 saturated heterocycles. The summed E-state index contributed by atoms with van der Waals surface area (Å²) in [4.78, 5) is 25.9. The first-order valence-electron chi connectivity index (χ1n) is 4.68. The molecule has 1 rings (SSSR count). The van der Waals surface area contributed by atoms with Gasteiger partial charge < -0.3 is 15.5 Å². The molecule has 3 N–H and O–H groups in total. The van der Waals surface area contributed by atoms with E-state index in [4.69, 9.17) is 16.7 Å². The quantitative estimate of drug-likeness (QED) is 0.721. The van der Waals surface area contributed by atoms with Crippen LogP contribution in [0.15, 0.2) is 18.5 Å². The van der Waals surface area contributed by atoms with Crippen LogP contribution in [0.5, 0.6) is 0 Å². The SMILES string of the molecule is CC(O)(CNC(=O)c1cnccc1Cl)C(=O)O. The number of carboxylic acids is 1. The van der Waals surface area contributed by atoms with Crippen LogP contribution in [0, 0.1) is 0 Å². The van der Waals surface area contributed by atoms with E-state index in [1.165, 1.54) is 18.5 Å². The molecule has 0 aromatic carbocycles. The molecular weight excluding hydrogens is 248 g/mol. The number of hydrogen-bond acceptors (Lipinski definition) is 4. The van der Waals surface area contributed by atoms with Crippen LogP contribution >= 0.6 is 11.6 Å². The van der Waals surface area contributed by atoms with Gasteiger partial charge in [0, 0.05) is 12.4 Å². The molecule has 1 aromatic heterocycles. The Hall–Kier alpha value is -1.66. The fourth-order valence-electron chi connectivity index (χ4n) is 0.968. The third kappa shape index (κ3) is 3.40. The zero-order chi connectivity index (χ0) is 13.1.